The molecule has 3 aliphatic heterocycles. The minimum absolute atomic E-state index is 0.118. The van der Waals surface area contributed by atoms with Gasteiger partial charge in [0, 0.05) is 12.1 Å². The van der Waals surface area contributed by atoms with Crippen molar-refractivity contribution in [2.75, 3.05) is 11.4 Å². The number of amides is 4. The number of piperazine rings is 1. The predicted octanol–water partition coefficient (Wildman–Crippen LogP) is 3.26. The molecule has 3 fully saturated rings. The van der Waals surface area contributed by atoms with Gasteiger partial charge in [0.2, 0.25) is 0 Å². The number of imide groups is 1. The average molecular weight is 435 g/mol. The molecule has 8 heteroatoms. The summed E-state index contributed by atoms with van der Waals surface area (Å²) in [6.45, 7) is 4.02. The van der Waals surface area contributed by atoms with E-state index in [2.05, 4.69) is 0 Å². The Morgan fingerprint density at radius 1 is 1.19 bits per heavy atom. The summed E-state index contributed by atoms with van der Waals surface area (Å²) in [6.07, 6.45) is 0.598. The van der Waals surface area contributed by atoms with Gasteiger partial charge in [0.05, 0.1) is 28.4 Å². The Labute approximate surface area is 184 Å². The molecule has 2 aromatic rings. The number of fused-ring (bicyclic) bond motifs is 5. The molecule has 0 N–H and O–H groups in total. The van der Waals surface area contributed by atoms with E-state index in [0.29, 0.717) is 29.8 Å². The molecule has 3 aliphatic rings. The second-order valence-corrected chi connectivity index (χ2v) is 8.65. The van der Waals surface area contributed by atoms with Gasteiger partial charge >= 0.3 is 6.03 Å². The molecule has 0 saturated carbocycles. The summed E-state index contributed by atoms with van der Waals surface area (Å²) < 4.78 is 0. The summed E-state index contributed by atoms with van der Waals surface area (Å²) in [5.41, 5.74) is 2.75. The van der Waals surface area contributed by atoms with Crippen LogP contribution in [0.2, 0.25) is 5.02 Å². The van der Waals surface area contributed by atoms with Crippen molar-refractivity contribution in [3.05, 3.63) is 63.7 Å². The number of nitrogens with zero attached hydrogens (tertiary/aromatic N) is 4. The van der Waals surface area contributed by atoms with Crippen LogP contribution in [0.15, 0.2) is 36.4 Å². The Bertz CT molecular complexity index is 1200. The van der Waals surface area contributed by atoms with E-state index < -0.39 is 12.1 Å². The molecule has 7 nitrogen and oxygen atoms in total. The van der Waals surface area contributed by atoms with Crippen LogP contribution in [0.3, 0.4) is 0 Å². The number of hydrogen-bond donors (Lipinski definition) is 0. The lowest BCUT2D eigenvalue weighted by Gasteiger charge is -2.35. The molecule has 3 heterocycles. The second kappa shape index (κ2) is 6.82. The third-order valence-corrected chi connectivity index (χ3v) is 7.00. The fourth-order valence-corrected chi connectivity index (χ4v) is 5.26. The maximum absolute atomic E-state index is 13.4. The zero-order valence-corrected chi connectivity index (χ0v) is 17.8. The molecule has 2 bridgehead atoms. The molecule has 0 aromatic heterocycles. The molecule has 0 aliphatic carbocycles. The highest BCUT2D eigenvalue weighted by Crippen LogP contribution is 2.44. The van der Waals surface area contributed by atoms with Crippen molar-refractivity contribution in [3.8, 4) is 6.07 Å². The van der Waals surface area contributed by atoms with Gasteiger partial charge in [-0.15, -0.1) is 0 Å². The van der Waals surface area contributed by atoms with Crippen LogP contribution < -0.4 is 4.90 Å². The molecule has 5 rings (SSSR count). The topological polar surface area (TPSA) is 84.7 Å². The molecule has 2 aromatic carbocycles. The molecule has 0 spiro atoms. The van der Waals surface area contributed by atoms with Crippen LogP contribution in [0.4, 0.5) is 10.5 Å². The van der Waals surface area contributed by atoms with Crippen LogP contribution in [-0.2, 0) is 4.79 Å². The number of aryl methyl sites for hydroxylation is 1. The number of benzene rings is 2. The average Bonchev–Trinajstić information content (AvgIpc) is 3.41. The first-order valence-electron chi connectivity index (χ1n) is 10.1. The highest BCUT2D eigenvalue weighted by molar-refractivity contribution is 6.33. The van der Waals surface area contributed by atoms with Crippen LogP contribution in [-0.4, -0.2) is 52.3 Å². The molecule has 156 valence electrons. The standard InChI is InChI=1S/C23H19ClN4O3/c1-12-4-3-5-14(8-12)21(29)26-11-16-9-18(26)20-22(30)28(23(31)27(16)20)17-7-6-15(10-25)19(24)13(17)2/h3-8,16,18,20H,9,11H2,1-2H3/t16?,18?,20-/m1/s1. The van der Waals surface area contributed by atoms with Crippen molar-refractivity contribution in [2.24, 2.45) is 0 Å². The van der Waals surface area contributed by atoms with E-state index in [-0.39, 0.29) is 34.5 Å². The Morgan fingerprint density at radius 3 is 2.68 bits per heavy atom. The predicted molar refractivity (Wildman–Crippen MR) is 114 cm³/mol. The van der Waals surface area contributed by atoms with Gasteiger partial charge in [-0.1, -0.05) is 29.3 Å². The summed E-state index contributed by atoms with van der Waals surface area (Å²) in [5.74, 6) is -0.477. The van der Waals surface area contributed by atoms with Crippen molar-refractivity contribution in [1.82, 2.24) is 9.80 Å². The van der Waals surface area contributed by atoms with Crippen LogP contribution in [0.5, 0.6) is 0 Å². The highest BCUT2D eigenvalue weighted by atomic mass is 35.5. The summed E-state index contributed by atoms with van der Waals surface area (Å²) in [4.78, 5) is 44.2. The third-order valence-electron chi connectivity index (χ3n) is 6.51. The first-order valence-corrected chi connectivity index (χ1v) is 10.4. The number of carbonyl (C=O) groups is 3. The van der Waals surface area contributed by atoms with E-state index in [0.717, 1.165) is 10.5 Å². The minimum Gasteiger partial charge on any atom is -0.331 e. The largest absolute Gasteiger partial charge is 0.332 e. The summed E-state index contributed by atoms with van der Waals surface area (Å²) in [6, 6.07) is 10.8. The lowest BCUT2D eigenvalue weighted by Crippen LogP contribution is -2.54. The number of hydrogen-bond acceptors (Lipinski definition) is 4. The second-order valence-electron chi connectivity index (χ2n) is 8.28. The number of anilines is 1. The van der Waals surface area contributed by atoms with Gasteiger partial charge in [-0.05, 0) is 50.1 Å². The molecule has 4 amide bonds. The van der Waals surface area contributed by atoms with Gasteiger partial charge in [0.15, 0.2) is 0 Å². The quantitative estimate of drug-likeness (QED) is 0.679. The Balaban J connectivity index is 1.47. The van der Waals surface area contributed by atoms with E-state index in [1.54, 1.807) is 28.9 Å². The van der Waals surface area contributed by atoms with E-state index >= 15 is 0 Å². The number of nitriles is 1. The van der Waals surface area contributed by atoms with Gasteiger partial charge < -0.3 is 9.80 Å². The van der Waals surface area contributed by atoms with E-state index in [1.807, 2.05) is 31.2 Å². The van der Waals surface area contributed by atoms with Crippen LogP contribution >= 0.6 is 11.6 Å². The molecule has 2 unspecified atom stereocenters. The van der Waals surface area contributed by atoms with Gasteiger partial charge in [0.1, 0.15) is 12.1 Å². The molecular weight excluding hydrogens is 416 g/mol. The van der Waals surface area contributed by atoms with Crippen LogP contribution in [0.1, 0.15) is 33.5 Å². The lowest BCUT2D eigenvalue weighted by molar-refractivity contribution is -0.121. The fourth-order valence-electron chi connectivity index (χ4n) is 5.06. The Morgan fingerprint density at radius 2 is 1.97 bits per heavy atom. The maximum Gasteiger partial charge on any atom is 0.332 e. The summed E-state index contributed by atoms with van der Waals surface area (Å²) in [5, 5.41) is 9.41. The van der Waals surface area contributed by atoms with Gasteiger partial charge in [-0.2, -0.15) is 5.26 Å². The number of rotatable bonds is 2. The Hall–Kier alpha value is -3.37. The van der Waals surface area contributed by atoms with Gasteiger partial charge in [-0.25, -0.2) is 9.69 Å². The first kappa shape index (κ1) is 19.6. The zero-order chi connectivity index (χ0) is 22.0. The SMILES string of the molecule is Cc1cccc(C(=O)N2CC3CC2[C@@H]2C(=O)N(c4ccc(C#N)c(Cl)c4C)C(=O)N32)c1. The van der Waals surface area contributed by atoms with Crippen molar-refractivity contribution >= 4 is 35.1 Å². The smallest absolute Gasteiger partial charge is 0.331 e. The molecule has 3 saturated heterocycles. The van der Waals surface area contributed by atoms with Crippen molar-refractivity contribution < 1.29 is 14.4 Å². The molecule has 31 heavy (non-hydrogen) atoms. The van der Waals surface area contributed by atoms with Crippen molar-refractivity contribution in [2.45, 2.75) is 38.4 Å². The molecule has 3 atom stereocenters. The van der Waals surface area contributed by atoms with Crippen molar-refractivity contribution in [3.63, 3.8) is 0 Å². The van der Waals surface area contributed by atoms with E-state index in [1.165, 1.54) is 6.07 Å². The van der Waals surface area contributed by atoms with Crippen LogP contribution in [0, 0.1) is 25.2 Å². The van der Waals surface area contributed by atoms with Gasteiger partial charge in [0.25, 0.3) is 11.8 Å². The number of urea groups is 1. The van der Waals surface area contributed by atoms with E-state index in [9.17, 15) is 19.6 Å². The first-order chi connectivity index (χ1) is 14.8. The minimum atomic E-state index is -0.700. The normalized spacial score (nSPS) is 24.1. The lowest BCUT2D eigenvalue weighted by atomic mass is 10.1. The number of halogens is 1. The van der Waals surface area contributed by atoms with E-state index in [4.69, 9.17) is 11.6 Å². The van der Waals surface area contributed by atoms with Gasteiger partial charge in [-0.3, -0.25) is 9.59 Å². The monoisotopic (exact) mass is 434 g/mol. The number of carbonyl (C=O) groups excluding carboxylic acids is 3. The summed E-state index contributed by atoms with van der Waals surface area (Å²) >= 11 is 6.27. The van der Waals surface area contributed by atoms with Crippen LogP contribution in [0.25, 0.3) is 0 Å². The highest BCUT2D eigenvalue weighted by Gasteiger charge is 2.63. The zero-order valence-electron chi connectivity index (χ0n) is 17.0. The molecule has 0 radical (unpaired) electrons. The maximum atomic E-state index is 13.4. The summed E-state index contributed by atoms with van der Waals surface area (Å²) in [7, 11) is 0. The Kier molecular flexibility index (Phi) is 4.31. The molecular formula is C23H19ClN4O3. The number of likely N-dealkylation sites (tertiary alicyclic amines) is 1. The third kappa shape index (κ3) is 2.68. The fraction of sp³-hybridized carbons (Fsp3) is 0.304. The van der Waals surface area contributed by atoms with Crippen molar-refractivity contribution in [1.29, 1.82) is 5.26 Å².